The lowest BCUT2D eigenvalue weighted by Gasteiger charge is -2.20. The number of hydrogen-bond donors (Lipinski definition) is 2. The molecule has 132 valence electrons. The van der Waals surface area contributed by atoms with E-state index in [0.29, 0.717) is 12.4 Å². The first-order chi connectivity index (χ1) is 11.5. The van der Waals surface area contributed by atoms with Crippen LogP contribution >= 0.6 is 0 Å². The van der Waals surface area contributed by atoms with Crippen molar-refractivity contribution in [2.75, 3.05) is 27.2 Å². The van der Waals surface area contributed by atoms with Crippen LogP contribution in [0.3, 0.4) is 0 Å². The average molecular weight is 333 g/mol. The molecule has 2 N–H and O–H groups in total. The first-order valence-electron chi connectivity index (χ1n) is 8.28. The second-order valence-corrected chi connectivity index (χ2v) is 6.20. The van der Waals surface area contributed by atoms with Crippen molar-refractivity contribution < 1.29 is 9.53 Å². The molecular formula is C17H27N5O2. The summed E-state index contributed by atoms with van der Waals surface area (Å²) in [6, 6.07) is 4.05. The lowest BCUT2D eigenvalue weighted by Crippen LogP contribution is -2.45. The Morgan fingerprint density at radius 2 is 2.33 bits per heavy atom. The van der Waals surface area contributed by atoms with E-state index in [9.17, 15) is 4.79 Å². The van der Waals surface area contributed by atoms with Crippen LogP contribution in [-0.4, -0.2) is 55.0 Å². The Hall–Kier alpha value is -2.31. The van der Waals surface area contributed by atoms with Gasteiger partial charge in [0.1, 0.15) is 0 Å². The van der Waals surface area contributed by atoms with Gasteiger partial charge >= 0.3 is 0 Å². The number of rotatable bonds is 5. The number of nitrogens with zero attached hydrogens (tertiary/aromatic N) is 3. The summed E-state index contributed by atoms with van der Waals surface area (Å²) in [6.07, 6.45) is 2.65. The minimum absolute atomic E-state index is 0.0443. The summed E-state index contributed by atoms with van der Waals surface area (Å²) in [5.41, 5.74) is 1.06. The highest BCUT2D eigenvalue weighted by Crippen LogP contribution is 2.13. The van der Waals surface area contributed by atoms with E-state index in [2.05, 4.69) is 20.6 Å². The molecule has 24 heavy (non-hydrogen) atoms. The molecule has 1 unspecified atom stereocenters. The SMILES string of the molecule is CN=C(NCc1ccnc(OC)c1)NC1CCN(C(=O)C(C)C)C1. The van der Waals surface area contributed by atoms with Gasteiger partial charge < -0.3 is 20.3 Å². The first kappa shape index (κ1) is 18.0. The maximum Gasteiger partial charge on any atom is 0.225 e. The highest BCUT2D eigenvalue weighted by atomic mass is 16.5. The van der Waals surface area contributed by atoms with Gasteiger partial charge in [0.05, 0.1) is 7.11 Å². The molecule has 0 saturated carbocycles. The molecule has 0 aromatic carbocycles. The molecule has 1 amide bonds. The lowest BCUT2D eigenvalue weighted by molar-refractivity contribution is -0.133. The van der Waals surface area contributed by atoms with Gasteiger partial charge in [-0.1, -0.05) is 13.8 Å². The number of likely N-dealkylation sites (tertiary alicyclic amines) is 1. The molecule has 1 atom stereocenters. The van der Waals surface area contributed by atoms with Gasteiger partial charge in [0.25, 0.3) is 0 Å². The third-order valence-electron chi connectivity index (χ3n) is 4.03. The quantitative estimate of drug-likeness (QED) is 0.621. The fraction of sp³-hybridized carbons (Fsp3) is 0.588. The second kappa shape index (κ2) is 8.52. The normalized spacial score (nSPS) is 18.0. The summed E-state index contributed by atoms with van der Waals surface area (Å²) >= 11 is 0. The molecule has 1 fully saturated rings. The highest BCUT2D eigenvalue weighted by Gasteiger charge is 2.27. The van der Waals surface area contributed by atoms with Crippen molar-refractivity contribution in [3.05, 3.63) is 23.9 Å². The number of nitrogens with one attached hydrogen (secondary N) is 2. The van der Waals surface area contributed by atoms with Crippen LogP contribution in [0, 0.1) is 5.92 Å². The van der Waals surface area contributed by atoms with Crippen LogP contribution in [0.2, 0.25) is 0 Å². The number of ether oxygens (including phenoxy) is 1. The van der Waals surface area contributed by atoms with Crippen LogP contribution < -0.4 is 15.4 Å². The van der Waals surface area contributed by atoms with Crippen LogP contribution in [-0.2, 0) is 11.3 Å². The number of aliphatic imine (C=N–C) groups is 1. The van der Waals surface area contributed by atoms with Gasteiger partial charge in [0.15, 0.2) is 5.96 Å². The number of amides is 1. The van der Waals surface area contributed by atoms with Gasteiger partial charge in [0, 0.05) is 50.9 Å². The van der Waals surface area contributed by atoms with Crippen molar-refractivity contribution >= 4 is 11.9 Å². The third kappa shape index (κ3) is 4.84. The van der Waals surface area contributed by atoms with Gasteiger partial charge in [0.2, 0.25) is 11.8 Å². The molecule has 0 spiro atoms. The van der Waals surface area contributed by atoms with E-state index in [4.69, 9.17) is 4.74 Å². The van der Waals surface area contributed by atoms with Gasteiger partial charge in [-0.3, -0.25) is 9.79 Å². The minimum Gasteiger partial charge on any atom is -0.481 e. The zero-order chi connectivity index (χ0) is 17.5. The van der Waals surface area contributed by atoms with Gasteiger partial charge in [-0.25, -0.2) is 4.98 Å². The number of carbonyl (C=O) groups is 1. The monoisotopic (exact) mass is 333 g/mol. The summed E-state index contributed by atoms with van der Waals surface area (Å²) < 4.78 is 5.13. The largest absolute Gasteiger partial charge is 0.481 e. The van der Waals surface area contributed by atoms with Crippen LogP contribution in [0.15, 0.2) is 23.3 Å². The van der Waals surface area contributed by atoms with E-state index >= 15 is 0 Å². The molecule has 7 heteroatoms. The number of aromatic nitrogens is 1. The zero-order valence-electron chi connectivity index (χ0n) is 14.9. The van der Waals surface area contributed by atoms with Crippen molar-refractivity contribution in [1.82, 2.24) is 20.5 Å². The molecule has 1 saturated heterocycles. The molecule has 2 rings (SSSR count). The number of methoxy groups -OCH3 is 1. The van der Waals surface area contributed by atoms with Crippen LogP contribution in [0.25, 0.3) is 0 Å². The van der Waals surface area contributed by atoms with Crippen molar-refractivity contribution in [2.45, 2.75) is 32.9 Å². The predicted octanol–water partition coefficient (Wildman–Crippen LogP) is 1.01. The zero-order valence-corrected chi connectivity index (χ0v) is 14.9. The van der Waals surface area contributed by atoms with Crippen molar-refractivity contribution in [3.63, 3.8) is 0 Å². The summed E-state index contributed by atoms with van der Waals surface area (Å²) in [5, 5.41) is 6.67. The van der Waals surface area contributed by atoms with Crippen molar-refractivity contribution in [1.29, 1.82) is 0 Å². The maximum atomic E-state index is 12.1. The van der Waals surface area contributed by atoms with E-state index in [1.165, 1.54) is 0 Å². The number of carbonyl (C=O) groups excluding carboxylic acids is 1. The standard InChI is InChI=1S/C17H27N5O2/c1-12(2)16(23)22-8-6-14(11-22)21-17(18-3)20-10-13-5-7-19-15(9-13)24-4/h5,7,9,12,14H,6,8,10-11H2,1-4H3,(H2,18,20,21). The molecular weight excluding hydrogens is 306 g/mol. The molecule has 0 bridgehead atoms. The molecule has 2 heterocycles. The summed E-state index contributed by atoms with van der Waals surface area (Å²) in [5.74, 6) is 1.58. The Kier molecular flexibility index (Phi) is 6.40. The number of hydrogen-bond acceptors (Lipinski definition) is 4. The molecule has 1 aliphatic rings. The van der Waals surface area contributed by atoms with Gasteiger partial charge in [-0.15, -0.1) is 0 Å². The molecule has 7 nitrogen and oxygen atoms in total. The fourth-order valence-electron chi connectivity index (χ4n) is 2.69. The second-order valence-electron chi connectivity index (χ2n) is 6.20. The van der Waals surface area contributed by atoms with Crippen LogP contribution in [0.1, 0.15) is 25.8 Å². The molecule has 0 aliphatic carbocycles. The Labute approximate surface area is 143 Å². The number of guanidine groups is 1. The summed E-state index contributed by atoms with van der Waals surface area (Å²) in [6.45, 7) is 6.02. The smallest absolute Gasteiger partial charge is 0.225 e. The van der Waals surface area contributed by atoms with E-state index in [1.807, 2.05) is 30.9 Å². The van der Waals surface area contributed by atoms with E-state index in [-0.39, 0.29) is 17.9 Å². The number of pyridine rings is 1. The predicted molar refractivity (Wildman–Crippen MR) is 93.9 cm³/mol. The summed E-state index contributed by atoms with van der Waals surface area (Å²) in [4.78, 5) is 22.3. The molecule has 1 aromatic rings. The molecule has 1 aliphatic heterocycles. The van der Waals surface area contributed by atoms with E-state index < -0.39 is 0 Å². The maximum absolute atomic E-state index is 12.1. The van der Waals surface area contributed by atoms with Crippen molar-refractivity contribution in [3.8, 4) is 5.88 Å². The van der Waals surface area contributed by atoms with Gasteiger partial charge in [-0.2, -0.15) is 0 Å². The van der Waals surface area contributed by atoms with Gasteiger partial charge in [-0.05, 0) is 18.1 Å². The van der Waals surface area contributed by atoms with E-state index in [0.717, 1.165) is 31.0 Å². The Balaban J connectivity index is 1.84. The molecule has 1 aromatic heterocycles. The fourth-order valence-corrected chi connectivity index (χ4v) is 2.69. The molecule has 0 radical (unpaired) electrons. The Morgan fingerprint density at radius 3 is 3.00 bits per heavy atom. The summed E-state index contributed by atoms with van der Waals surface area (Å²) in [7, 11) is 3.35. The first-order valence-corrected chi connectivity index (χ1v) is 8.28. The van der Waals surface area contributed by atoms with Crippen LogP contribution in [0.5, 0.6) is 5.88 Å². The Morgan fingerprint density at radius 1 is 1.54 bits per heavy atom. The minimum atomic E-state index is 0.0443. The highest BCUT2D eigenvalue weighted by molar-refractivity contribution is 5.81. The third-order valence-corrected chi connectivity index (χ3v) is 4.03. The lowest BCUT2D eigenvalue weighted by atomic mass is 10.2. The Bertz CT molecular complexity index is 588. The van der Waals surface area contributed by atoms with E-state index in [1.54, 1.807) is 20.4 Å². The topological polar surface area (TPSA) is 78.9 Å². The van der Waals surface area contributed by atoms with Crippen molar-refractivity contribution in [2.24, 2.45) is 10.9 Å². The average Bonchev–Trinajstić information content (AvgIpc) is 3.06. The van der Waals surface area contributed by atoms with Crippen LogP contribution in [0.4, 0.5) is 0 Å².